The number of fused-ring (bicyclic) bond motifs is 1. The number of benzene rings is 2. The molecule has 0 bridgehead atoms. The van der Waals surface area contributed by atoms with Crippen LogP contribution in [0.3, 0.4) is 0 Å². The topological polar surface area (TPSA) is 119 Å². The van der Waals surface area contributed by atoms with Crippen molar-refractivity contribution in [3.63, 3.8) is 0 Å². The summed E-state index contributed by atoms with van der Waals surface area (Å²) < 4.78 is 26.9. The van der Waals surface area contributed by atoms with Gasteiger partial charge in [0.15, 0.2) is 0 Å². The second-order valence-corrected chi connectivity index (χ2v) is 8.65. The average Bonchev–Trinajstić information content (AvgIpc) is 3.31. The van der Waals surface area contributed by atoms with Crippen LogP contribution in [0.4, 0.5) is 5.82 Å². The quantitative estimate of drug-likeness (QED) is 0.673. The summed E-state index contributed by atoms with van der Waals surface area (Å²) in [7, 11) is -3.52. The van der Waals surface area contributed by atoms with Gasteiger partial charge in [-0.15, -0.1) is 0 Å². The predicted octanol–water partition coefficient (Wildman–Crippen LogP) is 2.38. The molecule has 146 valence electrons. The van der Waals surface area contributed by atoms with Gasteiger partial charge in [-0.1, -0.05) is 30.3 Å². The molecule has 2 N–H and O–H groups in total. The van der Waals surface area contributed by atoms with Crippen molar-refractivity contribution in [3.05, 3.63) is 82.5 Å². The molecule has 8 nitrogen and oxygen atoms in total. The van der Waals surface area contributed by atoms with Crippen LogP contribution in [0.2, 0.25) is 0 Å². The number of H-pyrrole nitrogens is 1. The first-order valence-corrected chi connectivity index (χ1v) is 10.5. The molecule has 0 fully saturated rings. The molecule has 2 aromatic carbocycles. The molecule has 9 heteroatoms. The van der Waals surface area contributed by atoms with Crippen molar-refractivity contribution in [1.29, 1.82) is 5.26 Å². The highest BCUT2D eigenvalue weighted by molar-refractivity contribution is 7.88. The van der Waals surface area contributed by atoms with Gasteiger partial charge in [0.1, 0.15) is 5.82 Å². The van der Waals surface area contributed by atoms with E-state index >= 15 is 0 Å². The van der Waals surface area contributed by atoms with Crippen LogP contribution in [-0.4, -0.2) is 28.8 Å². The van der Waals surface area contributed by atoms with Crippen molar-refractivity contribution in [2.24, 2.45) is 0 Å². The zero-order valence-corrected chi connectivity index (χ0v) is 16.1. The van der Waals surface area contributed by atoms with Gasteiger partial charge in [-0.05, 0) is 29.8 Å². The van der Waals surface area contributed by atoms with E-state index in [1.54, 1.807) is 48.5 Å². The lowest BCUT2D eigenvalue weighted by Crippen LogP contribution is -2.27. The summed E-state index contributed by atoms with van der Waals surface area (Å²) in [5, 5.41) is 18.5. The van der Waals surface area contributed by atoms with Crippen molar-refractivity contribution in [2.75, 3.05) is 5.32 Å². The molecular weight excluding hydrogens is 390 g/mol. The molecule has 0 radical (unpaired) electrons. The Morgan fingerprint density at radius 2 is 1.86 bits per heavy atom. The standard InChI is InChI=1S/C20H17N5O3S/c21-10-14-6-8-16(9-7-14)20(26)22-19-17-11-25(12-18(17)23-24-19)29(27,28)13-15-4-2-1-3-5-15/h1-9H,11-13H2,(H2,22,23,24,26). The van der Waals surface area contributed by atoms with Gasteiger partial charge in [-0.2, -0.15) is 14.7 Å². The monoisotopic (exact) mass is 407 g/mol. The normalized spacial score (nSPS) is 13.6. The van der Waals surface area contributed by atoms with Crippen molar-refractivity contribution in [2.45, 2.75) is 18.8 Å². The van der Waals surface area contributed by atoms with E-state index in [-0.39, 0.29) is 24.7 Å². The number of nitrogens with zero attached hydrogens (tertiary/aromatic N) is 3. The molecule has 29 heavy (non-hydrogen) atoms. The third-order valence-corrected chi connectivity index (χ3v) is 6.46. The summed E-state index contributed by atoms with van der Waals surface area (Å²) in [4.78, 5) is 12.5. The number of carbonyl (C=O) groups excluding carboxylic acids is 1. The second kappa shape index (κ2) is 7.50. The summed E-state index contributed by atoms with van der Waals surface area (Å²) in [6.07, 6.45) is 0. The van der Waals surface area contributed by atoms with Crippen LogP contribution < -0.4 is 5.32 Å². The zero-order valence-electron chi connectivity index (χ0n) is 15.3. The summed E-state index contributed by atoms with van der Waals surface area (Å²) in [6.45, 7) is 0.303. The van der Waals surface area contributed by atoms with Gasteiger partial charge < -0.3 is 5.32 Å². The Kier molecular flexibility index (Phi) is 4.88. The minimum absolute atomic E-state index is 0.0885. The number of hydrogen-bond donors (Lipinski definition) is 2. The maximum Gasteiger partial charge on any atom is 0.256 e. The van der Waals surface area contributed by atoms with Gasteiger partial charge in [0.05, 0.1) is 29.6 Å². The highest BCUT2D eigenvalue weighted by Crippen LogP contribution is 2.30. The number of sulfonamides is 1. The number of nitrogens with one attached hydrogen (secondary N) is 2. The number of aromatic amines is 1. The first kappa shape index (κ1) is 18.9. The summed E-state index contributed by atoms with van der Waals surface area (Å²) in [5.74, 6) is -0.0762. The van der Waals surface area contributed by atoms with E-state index in [0.29, 0.717) is 33.8 Å². The number of carbonyl (C=O) groups is 1. The Balaban J connectivity index is 1.47. The highest BCUT2D eigenvalue weighted by atomic mass is 32.2. The summed E-state index contributed by atoms with van der Waals surface area (Å²) in [5.41, 5.74) is 2.82. The number of nitriles is 1. The zero-order chi connectivity index (χ0) is 20.4. The van der Waals surface area contributed by atoms with Crippen molar-refractivity contribution in [3.8, 4) is 6.07 Å². The number of aromatic nitrogens is 2. The van der Waals surface area contributed by atoms with E-state index in [0.717, 1.165) is 0 Å². The molecule has 1 aliphatic heterocycles. The van der Waals surface area contributed by atoms with Crippen LogP contribution in [0.5, 0.6) is 0 Å². The molecule has 0 atom stereocenters. The lowest BCUT2D eigenvalue weighted by atomic mass is 10.1. The van der Waals surface area contributed by atoms with E-state index in [4.69, 9.17) is 5.26 Å². The van der Waals surface area contributed by atoms with Crippen LogP contribution in [0, 0.1) is 11.3 Å². The number of anilines is 1. The molecular formula is C20H17N5O3S. The third-order valence-electron chi connectivity index (χ3n) is 4.71. The van der Waals surface area contributed by atoms with Crippen LogP contribution in [-0.2, 0) is 28.9 Å². The van der Waals surface area contributed by atoms with Crippen LogP contribution in [0.1, 0.15) is 32.7 Å². The molecule has 1 amide bonds. The molecule has 4 rings (SSSR count). The van der Waals surface area contributed by atoms with Gasteiger partial charge in [0.2, 0.25) is 10.0 Å². The highest BCUT2D eigenvalue weighted by Gasteiger charge is 2.33. The van der Waals surface area contributed by atoms with Crippen molar-refractivity contribution < 1.29 is 13.2 Å². The molecule has 0 aliphatic carbocycles. The fraction of sp³-hybridized carbons (Fsp3) is 0.150. The number of amides is 1. The second-order valence-electron chi connectivity index (χ2n) is 6.68. The fourth-order valence-electron chi connectivity index (χ4n) is 3.16. The predicted molar refractivity (Wildman–Crippen MR) is 106 cm³/mol. The minimum atomic E-state index is -3.52. The number of rotatable bonds is 5. The Labute approximate surface area is 167 Å². The first-order chi connectivity index (χ1) is 14.0. The van der Waals surface area contributed by atoms with Gasteiger partial charge >= 0.3 is 0 Å². The lowest BCUT2D eigenvalue weighted by Gasteiger charge is -2.16. The van der Waals surface area contributed by atoms with E-state index < -0.39 is 10.0 Å². The molecule has 3 aromatic rings. The largest absolute Gasteiger partial charge is 0.307 e. The lowest BCUT2D eigenvalue weighted by molar-refractivity contribution is 0.102. The van der Waals surface area contributed by atoms with Gasteiger partial charge in [-0.25, -0.2) is 8.42 Å². The molecule has 0 spiro atoms. The Morgan fingerprint density at radius 3 is 2.55 bits per heavy atom. The van der Waals surface area contributed by atoms with Gasteiger partial charge in [0, 0.05) is 17.7 Å². The maximum atomic E-state index is 12.8. The van der Waals surface area contributed by atoms with Crippen LogP contribution in [0.15, 0.2) is 54.6 Å². The molecule has 1 aromatic heterocycles. The molecule has 2 heterocycles. The van der Waals surface area contributed by atoms with E-state index in [1.807, 2.05) is 12.1 Å². The summed E-state index contributed by atoms with van der Waals surface area (Å²) in [6, 6.07) is 17.2. The molecule has 0 saturated carbocycles. The fourth-order valence-corrected chi connectivity index (χ4v) is 4.60. The van der Waals surface area contributed by atoms with Crippen LogP contribution >= 0.6 is 0 Å². The Hall–Kier alpha value is -3.48. The maximum absolute atomic E-state index is 12.8. The van der Waals surface area contributed by atoms with E-state index in [9.17, 15) is 13.2 Å². The van der Waals surface area contributed by atoms with E-state index in [1.165, 1.54) is 4.31 Å². The smallest absolute Gasteiger partial charge is 0.256 e. The van der Waals surface area contributed by atoms with Crippen LogP contribution in [0.25, 0.3) is 0 Å². The Bertz CT molecular complexity index is 1200. The molecule has 0 unspecified atom stereocenters. The third kappa shape index (κ3) is 3.89. The summed E-state index contributed by atoms with van der Waals surface area (Å²) >= 11 is 0. The Morgan fingerprint density at radius 1 is 1.14 bits per heavy atom. The van der Waals surface area contributed by atoms with Gasteiger partial charge in [0.25, 0.3) is 5.91 Å². The first-order valence-electron chi connectivity index (χ1n) is 8.85. The SMILES string of the molecule is N#Cc1ccc(C(=O)Nc2[nH]nc3c2CN(S(=O)(=O)Cc2ccccc2)C3)cc1. The van der Waals surface area contributed by atoms with E-state index in [2.05, 4.69) is 15.5 Å². The molecule has 1 aliphatic rings. The molecule has 0 saturated heterocycles. The van der Waals surface area contributed by atoms with Crippen molar-refractivity contribution >= 4 is 21.7 Å². The average molecular weight is 407 g/mol. The van der Waals surface area contributed by atoms with Gasteiger partial charge in [-0.3, -0.25) is 9.89 Å². The number of hydrogen-bond acceptors (Lipinski definition) is 5. The minimum Gasteiger partial charge on any atom is -0.307 e. The van der Waals surface area contributed by atoms with Crippen molar-refractivity contribution in [1.82, 2.24) is 14.5 Å².